The molecular weight excluding hydrogens is 290 g/mol. The Morgan fingerprint density at radius 3 is 2.61 bits per heavy atom. The van der Waals surface area contributed by atoms with Gasteiger partial charge in [-0.25, -0.2) is 0 Å². The van der Waals surface area contributed by atoms with E-state index in [0.717, 1.165) is 42.2 Å². The quantitative estimate of drug-likeness (QED) is 0.823. The fourth-order valence-electron chi connectivity index (χ4n) is 3.52. The van der Waals surface area contributed by atoms with E-state index in [0.29, 0.717) is 24.5 Å². The van der Waals surface area contributed by atoms with Crippen molar-refractivity contribution in [2.24, 2.45) is 10.9 Å². The summed E-state index contributed by atoms with van der Waals surface area (Å²) in [6, 6.07) is 5.77. The number of carbonyl (C=O) groups excluding carboxylic acids is 1. The molecule has 0 bridgehead atoms. The van der Waals surface area contributed by atoms with Gasteiger partial charge in [-0.15, -0.1) is 0 Å². The average molecular weight is 315 g/mol. The van der Waals surface area contributed by atoms with Gasteiger partial charge in [0.25, 0.3) is 0 Å². The molecule has 2 saturated carbocycles. The van der Waals surface area contributed by atoms with Crippen LogP contribution < -0.4 is 9.47 Å². The molecule has 0 heterocycles. The van der Waals surface area contributed by atoms with E-state index in [9.17, 15) is 4.79 Å². The highest BCUT2D eigenvalue weighted by Crippen LogP contribution is 2.35. The van der Waals surface area contributed by atoms with Crippen LogP contribution in [0.5, 0.6) is 11.5 Å². The number of carbonyl (C=O) groups is 1. The Morgan fingerprint density at radius 2 is 1.91 bits per heavy atom. The van der Waals surface area contributed by atoms with E-state index in [-0.39, 0.29) is 6.10 Å². The van der Waals surface area contributed by atoms with Gasteiger partial charge in [-0.2, -0.15) is 0 Å². The number of rotatable bonds is 4. The molecular formula is C19H25NO3. The number of benzene rings is 1. The number of ketones is 1. The zero-order valence-corrected chi connectivity index (χ0v) is 14.0. The first-order valence-corrected chi connectivity index (χ1v) is 8.57. The first kappa shape index (κ1) is 16.0. The maximum absolute atomic E-state index is 11.7. The third-order valence-electron chi connectivity index (χ3n) is 4.59. The lowest BCUT2D eigenvalue weighted by atomic mass is 9.88. The Labute approximate surface area is 137 Å². The van der Waals surface area contributed by atoms with Crippen LogP contribution in [-0.2, 0) is 4.79 Å². The van der Waals surface area contributed by atoms with E-state index in [1.165, 1.54) is 12.8 Å². The van der Waals surface area contributed by atoms with E-state index in [1.54, 1.807) is 7.11 Å². The smallest absolute Gasteiger partial charge is 0.163 e. The molecule has 0 saturated heterocycles. The minimum atomic E-state index is 0.281. The molecule has 1 atom stereocenters. The van der Waals surface area contributed by atoms with Crippen molar-refractivity contribution in [1.82, 2.24) is 0 Å². The molecule has 2 aliphatic carbocycles. The summed E-state index contributed by atoms with van der Waals surface area (Å²) in [5.41, 5.74) is 1.82. The van der Waals surface area contributed by atoms with Crippen molar-refractivity contribution in [3.63, 3.8) is 0 Å². The highest BCUT2D eigenvalue weighted by atomic mass is 16.5. The second-order valence-electron chi connectivity index (χ2n) is 6.77. The number of aliphatic imine (C=N–C) groups is 1. The van der Waals surface area contributed by atoms with Crippen LogP contribution in [0.2, 0.25) is 0 Å². The fraction of sp³-hybridized carbons (Fsp3) is 0.579. The molecule has 0 aromatic heterocycles. The second kappa shape index (κ2) is 7.16. The zero-order chi connectivity index (χ0) is 16.2. The molecule has 1 aromatic rings. The third-order valence-corrected chi connectivity index (χ3v) is 4.59. The standard InChI is InChI=1S/C19H25NO3/c1-13-9-15(11-16(21)10-13)20-14-7-8-18(22-2)19(12-14)23-17-5-3-4-6-17/h7-8,12-13,17H,3-6,9-11H2,1-2H3. The summed E-state index contributed by atoms with van der Waals surface area (Å²) in [6.45, 7) is 2.11. The lowest BCUT2D eigenvalue weighted by molar-refractivity contribution is -0.119. The minimum absolute atomic E-state index is 0.281. The molecule has 2 aliphatic rings. The van der Waals surface area contributed by atoms with Crippen LogP contribution in [0, 0.1) is 5.92 Å². The number of ether oxygens (including phenoxy) is 2. The summed E-state index contributed by atoms with van der Waals surface area (Å²) < 4.78 is 11.5. The lowest BCUT2D eigenvalue weighted by Crippen LogP contribution is -2.20. The van der Waals surface area contributed by atoms with Crippen LogP contribution in [0.1, 0.15) is 51.9 Å². The van der Waals surface area contributed by atoms with Gasteiger partial charge in [0, 0.05) is 24.6 Å². The van der Waals surface area contributed by atoms with E-state index < -0.39 is 0 Å². The molecule has 0 radical (unpaired) electrons. The minimum Gasteiger partial charge on any atom is -0.493 e. The van der Waals surface area contributed by atoms with E-state index >= 15 is 0 Å². The van der Waals surface area contributed by atoms with Crippen LogP contribution in [-0.4, -0.2) is 24.7 Å². The molecule has 2 fully saturated rings. The maximum Gasteiger partial charge on any atom is 0.163 e. The van der Waals surface area contributed by atoms with Crippen molar-refractivity contribution in [2.75, 3.05) is 7.11 Å². The summed E-state index contributed by atoms with van der Waals surface area (Å²) in [6.07, 6.45) is 7.01. The van der Waals surface area contributed by atoms with Crippen molar-refractivity contribution >= 4 is 17.2 Å². The fourth-order valence-corrected chi connectivity index (χ4v) is 3.52. The van der Waals surface area contributed by atoms with Gasteiger partial charge in [0.15, 0.2) is 11.5 Å². The van der Waals surface area contributed by atoms with Crippen molar-refractivity contribution in [1.29, 1.82) is 0 Å². The molecule has 1 unspecified atom stereocenters. The second-order valence-corrected chi connectivity index (χ2v) is 6.77. The van der Waals surface area contributed by atoms with Crippen molar-refractivity contribution in [3.8, 4) is 11.5 Å². The highest BCUT2D eigenvalue weighted by molar-refractivity contribution is 6.05. The summed E-state index contributed by atoms with van der Waals surface area (Å²) in [4.78, 5) is 16.4. The molecule has 0 spiro atoms. The number of hydrogen-bond acceptors (Lipinski definition) is 4. The molecule has 23 heavy (non-hydrogen) atoms. The molecule has 0 aliphatic heterocycles. The van der Waals surface area contributed by atoms with Gasteiger partial charge in [0.05, 0.1) is 18.9 Å². The summed E-state index contributed by atoms with van der Waals surface area (Å²) in [5.74, 6) is 2.19. The molecule has 124 valence electrons. The Bertz CT molecular complexity index is 603. The SMILES string of the molecule is COc1ccc(N=C2CC(=O)CC(C)C2)cc1OC1CCCC1. The maximum atomic E-state index is 11.7. The summed E-state index contributed by atoms with van der Waals surface area (Å²) in [7, 11) is 1.66. The average Bonchev–Trinajstić information content (AvgIpc) is 2.99. The van der Waals surface area contributed by atoms with Crippen molar-refractivity contribution in [2.45, 2.75) is 58.0 Å². The van der Waals surface area contributed by atoms with Gasteiger partial charge in [0.1, 0.15) is 5.78 Å². The number of nitrogens with zero attached hydrogens (tertiary/aromatic N) is 1. The molecule has 0 N–H and O–H groups in total. The van der Waals surface area contributed by atoms with Crippen LogP contribution in [0.3, 0.4) is 0 Å². The molecule has 1 aromatic carbocycles. The first-order chi connectivity index (χ1) is 11.1. The van der Waals surface area contributed by atoms with E-state index in [1.807, 2.05) is 18.2 Å². The van der Waals surface area contributed by atoms with Gasteiger partial charge < -0.3 is 9.47 Å². The molecule has 4 nitrogen and oxygen atoms in total. The summed E-state index contributed by atoms with van der Waals surface area (Å²) >= 11 is 0. The predicted octanol–water partition coefficient (Wildman–Crippen LogP) is 4.48. The van der Waals surface area contributed by atoms with Gasteiger partial charge in [0.2, 0.25) is 0 Å². The normalized spacial score (nSPS) is 24.2. The monoisotopic (exact) mass is 315 g/mol. The van der Waals surface area contributed by atoms with Crippen molar-refractivity contribution in [3.05, 3.63) is 18.2 Å². The number of methoxy groups -OCH3 is 1. The molecule has 0 amide bonds. The highest BCUT2D eigenvalue weighted by Gasteiger charge is 2.21. The first-order valence-electron chi connectivity index (χ1n) is 8.57. The lowest BCUT2D eigenvalue weighted by Gasteiger charge is -2.19. The Hall–Kier alpha value is -1.84. The van der Waals surface area contributed by atoms with Gasteiger partial charge >= 0.3 is 0 Å². The summed E-state index contributed by atoms with van der Waals surface area (Å²) in [5, 5.41) is 0. The Balaban J connectivity index is 1.80. The van der Waals surface area contributed by atoms with Crippen LogP contribution in [0.25, 0.3) is 0 Å². The van der Waals surface area contributed by atoms with Crippen LogP contribution in [0.15, 0.2) is 23.2 Å². The van der Waals surface area contributed by atoms with E-state index in [2.05, 4.69) is 11.9 Å². The van der Waals surface area contributed by atoms with Crippen LogP contribution >= 0.6 is 0 Å². The largest absolute Gasteiger partial charge is 0.493 e. The van der Waals surface area contributed by atoms with Crippen LogP contribution in [0.4, 0.5) is 5.69 Å². The van der Waals surface area contributed by atoms with Gasteiger partial charge in [-0.1, -0.05) is 6.92 Å². The van der Waals surface area contributed by atoms with Gasteiger partial charge in [-0.05, 0) is 50.2 Å². The van der Waals surface area contributed by atoms with Crippen molar-refractivity contribution < 1.29 is 14.3 Å². The Kier molecular flexibility index (Phi) is 4.99. The van der Waals surface area contributed by atoms with Gasteiger partial charge in [-0.3, -0.25) is 9.79 Å². The molecule has 4 heteroatoms. The Morgan fingerprint density at radius 1 is 1.13 bits per heavy atom. The third kappa shape index (κ3) is 4.12. The predicted molar refractivity (Wildman–Crippen MR) is 91.0 cm³/mol. The zero-order valence-electron chi connectivity index (χ0n) is 14.0. The molecule has 3 rings (SSSR count). The number of hydrogen-bond donors (Lipinski definition) is 0. The van der Waals surface area contributed by atoms with E-state index in [4.69, 9.17) is 9.47 Å². The number of Topliss-reactive ketones (excluding diaryl/α,β-unsaturated/α-hetero) is 1. The topological polar surface area (TPSA) is 47.9 Å².